The number of rotatable bonds is 12. The molecule has 3 nitrogen and oxygen atoms in total. The normalized spacial score (nSPS) is 10.3. The van der Waals surface area contributed by atoms with Crippen molar-refractivity contribution >= 4 is 11.8 Å². The fourth-order valence-corrected chi connectivity index (χ4v) is 1.86. The molecule has 0 aromatic rings. The Kier molecular flexibility index (Phi) is 12.0. The summed E-state index contributed by atoms with van der Waals surface area (Å²) in [5.74, 6) is -1.21. The second kappa shape index (κ2) is 12.6. The first kappa shape index (κ1) is 17.1. The minimum absolute atomic E-state index is 0.384. The molecule has 0 aliphatic heterocycles. The lowest BCUT2D eigenvalue weighted by Gasteiger charge is -2.03. The maximum absolute atomic E-state index is 10.8. The number of hydrogen-bond acceptors (Lipinski definition) is 3. The molecular formula is C15H28O3. The van der Waals surface area contributed by atoms with Gasteiger partial charge >= 0.3 is 5.97 Å². The molecule has 0 aromatic carbocycles. The summed E-state index contributed by atoms with van der Waals surface area (Å²) in [5, 5.41) is 0. The van der Waals surface area contributed by atoms with E-state index in [4.69, 9.17) is 4.74 Å². The highest BCUT2D eigenvalue weighted by Gasteiger charge is 2.07. The Bertz CT molecular complexity index is 224. The molecule has 0 aliphatic rings. The number of unbranched alkanes of at least 4 members (excludes halogenated alkanes) is 9. The second-order valence-corrected chi connectivity index (χ2v) is 4.87. The van der Waals surface area contributed by atoms with Gasteiger partial charge in [-0.15, -0.1) is 0 Å². The SMILES string of the molecule is CCCCCCCCCCCCOC(=O)C(C)=O. The van der Waals surface area contributed by atoms with Crippen LogP contribution in [0.25, 0.3) is 0 Å². The van der Waals surface area contributed by atoms with Gasteiger partial charge in [-0.1, -0.05) is 64.7 Å². The van der Waals surface area contributed by atoms with E-state index in [-0.39, 0.29) is 0 Å². The monoisotopic (exact) mass is 256 g/mol. The van der Waals surface area contributed by atoms with Gasteiger partial charge in [-0.25, -0.2) is 4.79 Å². The quantitative estimate of drug-likeness (QED) is 0.301. The molecule has 0 aliphatic carbocycles. The molecule has 0 heterocycles. The highest BCUT2D eigenvalue weighted by Crippen LogP contribution is 2.10. The molecule has 0 amide bonds. The fraction of sp³-hybridized carbons (Fsp3) is 0.867. The Morgan fingerprint density at radius 2 is 1.22 bits per heavy atom. The Balaban J connectivity index is 3.07. The molecule has 3 heteroatoms. The van der Waals surface area contributed by atoms with Gasteiger partial charge < -0.3 is 4.74 Å². The zero-order chi connectivity index (χ0) is 13.6. The Hall–Kier alpha value is -0.860. The zero-order valence-corrected chi connectivity index (χ0v) is 12.0. The van der Waals surface area contributed by atoms with Crippen molar-refractivity contribution in [1.29, 1.82) is 0 Å². The number of hydrogen-bond donors (Lipinski definition) is 0. The number of Topliss-reactive ketones (excluding diaryl/α,β-unsaturated/α-hetero) is 1. The predicted molar refractivity (Wildman–Crippen MR) is 73.5 cm³/mol. The van der Waals surface area contributed by atoms with E-state index >= 15 is 0 Å². The predicted octanol–water partition coefficient (Wildman–Crippen LogP) is 4.04. The average Bonchev–Trinajstić information content (AvgIpc) is 2.35. The van der Waals surface area contributed by atoms with E-state index < -0.39 is 11.8 Å². The third-order valence-electron chi connectivity index (χ3n) is 3.02. The topological polar surface area (TPSA) is 43.4 Å². The van der Waals surface area contributed by atoms with Gasteiger partial charge in [0, 0.05) is 6.92 Å². The van der Waals surface area contributed by atoms with Crippen LogP contribution in [0.15, 0.2) is 0 Å². The molecule has 0 saturated carbocycles. The second-order valence-electron chi connectivity index (χ2n) is 4.87. The summed E-state index contributed by atoms with van der Waals surface area (Å²) in [6, 6.07) is 0. The Labute approximate surface area is 111 Å². The molecule has 0 saturated heterocycles. The van der Waals surface area contributed by atoms with Gasteiger partial charge in [0.05, 0.1) is 6.61 Å². The minimum Gasteiger partial charge on any atom is -0.460 e. The number of esters is 1. The van der Waals surface area contributed by atoms with Crippen LogP contribution < -0.4 is 0 Å². The maximum Gasteiger partial charge on any atom is 0.374 e. The molecule has 0 bridgehead atoms. The molecule has 0 aromatic heterocycles. The summed E-state index contributed by atoms with van der Waals surface area (Å²) in [6.07, 6.45) is 12.5. The van der Waals surface area contributed by atoms with Gasteiger partial charge in [0.1, 0.15) is 0 Å². The summed E-state index contributed by atoms with van der Waals surface area (Å²) in [5.41, 5.74) is 0. The smallest absolute Gasteiger partial charge is 0.374 e. The Morgan fingerprint density at radius 1 is 0.778 bits per heavy atom. The number of ether oxygens (including phenoxy) is 1. The highest BCUT2D eigenvalue weighted by atomic mass is 16.5. The van der Waals surface area contributed by atoms with E-state index in [1.807, 2.05) is 0 Å². The summed E-state index contributed by atoms with van der Waals surface area (Å²) in [7, 11) is 0. The highest BCUT2D eigenvalue weighted by molar-refractivity contribution is 6.32. The molecule has 0 atom stereocenters. The summed E-state index contributed by atoms with van der Waals surface area (Å²) in [6.45, 7) is 3.86. The van der Waals surface area contributed by atoms with E-state index in [1.165, 1.54) is 58.3 Å². The summed E-state index contributed by atoms with van der Waals surface area (Å²) in [4.78, 5) is 21.4. The van der Waals surface area contributed by atoms with Crippen molar-refractivity contribution in [2.75, 3.05) is 6.61 Å². The maximum atomic E-state index is 10.8. The lowest BCUT2D eigenvalue weighted by molar-refractivity contribution is -0.153. The molecule has 0 fully saturated rings. The van der Waals surface area contributed by atoms with Crippen molar-refractivity contribution in [2.45, 2.75) is 78.1 Å². The van der Waals surface area contributed by atoms with E-state index in [9.17, 15) is 9.59 Å². The van der Waals surface area contributed by atoms with Crippen LogP contribution >= 0.6 is 0 Å². The van der Waals surface area contributed by atoms with Gasteiger partial charge in [-0.05, 0) is 6.42 Å². The van der Waals surface area contributed by atoms with Crippen LogP contribution in [0.4, 0.5) is 0 Å². The van der Waals surface area contributed by atoms with Crippen LogP contribution in [-0.2, 0) is 14.3 Å². The molecule has 0 spiro atoms. The van der Waals surface area contributed by atoms with Crippen LogP contribution in [0.2, 0.25) is 0 Å². The lowest BCUT2D eigenvalue weighted by Crippen LogP contribution is -2.14. The molecular weight excluding hydrogens is 228 g/mol. The standard InChI is InChI=1S/C15H28O3/c1-3-4-5-6-7-8-9-10-11-12-13-18-15(17)14(2)16/h3-13H2,1-2H3. The third-order valence-corrected chi connectivity index (χ3v) is 3.02. The fourth-order valence-electron chi connectivity index (χ4n) is 1.86. The van der Waals surface area contributed by atoms with E-state index in [2.05, 4.69) is 6.92 Å². The van der Waals surface area contributed by atoms with Crippen LogP contribution in [0.5, 0.6) is 0 Å². The van der Waals surface area contributed by atoms with Gasteiger partial charge in [0.15, 0.2) is 0 Å². The number of ketones is 1. The zero-order valence-electron chi connectivity index (χ0n) is 12.0. The van der Waals surface area contributed by atoms with Crippen molar-refractivity contribution in [3.8, 4) is 0 Å². The van der Waals surface area contributed by atoms with Gasteiger partial charge in [0.25, 0.3) is 0 Å². The largest absolute Gasteiger partial charge is 0.460 e. The van der Waals surface area contributed by atoms with Crippen LogP contribution in [0.1, 0.15) is 78.1 Å². The van der Waals surface area contributed by atoms with Crippen LogP contribution in [-0.4, -0.2) is 18.4 Å². The van der Waals surface area contributed by atoms with Crippen molar-refractivity contribution in [3.05, 3.63) is 0 Å². The molecule has 0 rings (SSSR count). The van der Waals surface area contributed by atoms with Crippen LogP contribution in [0, 0.1) is 0 Å². The van der Waals surface area contributed by atoms with E-state index in [1.54, 1.807) is 0 Å². The average molecular weight is 256 g/mol. The molecule has 0 N–H and O–H groups in total. The van der Waals surface area contributed by atoms with Gasteiger partial charge in [-0.3, -0.25) is 4.79 Å². The number of carbonyl (C=O) groups is 2. The Morgan fingerprint density at radius 3 is 1.67 bits per heavy atom. The van der Waals surface area contributed by atoms with E-state index in [0.29, 0.717) is 6.61 Å². The first-order valence-electron chi connectivity index (χ1n) is 7.36. The first-order chi connectivity index (χ1) is 8.68. The van der Waals surface area contributed by atoms with Crippen molar-refractivity contribution < 1.29 is 14.3 Å². The third kappa shape index (κ3) is 11.6. The molecule has 0 unspecified atom stereocenters. The van der Waals surface area contributed by atoms with Crippen molar-refractivity contribution in [1.82, 2.24) is 0 Å². The first-order valence-corrected chi connectivity index (χ1v) is 7.36. The molecule has 106 valence electrons. The van der Waals surface area contributed by atoms with Crippen molar-refractivity contribution in [2.24, 2.45) is 0 Å². The van der Waals surface area contributed by atoms with Crippen molar-refractivity contribution in [3.63, 3.8) is 0 Å². The van der Waals surface area contributed by atoms with Crippen LogP contribution in [0.3, 0.4) is 0 Å². The number of carbonyl (C=O) groups excluding carboxylic acids is 2. The van der Waals surface area contributed by atoms with E-state index in [0.717, 1.165) is 12.8 Å². The van der Waals surface area contributed by atoms with Gasteiger partial charge in [-0.2, -0.15) is 0 Å². The molecule has 0 radical (unpaired) electrons. The summed E-state index contributed by atoms with van der Waals surface area (Å²) < 4.78 is 4.79. The molecule has 18 heavy (non-hydrogen) atoms. The van der Waals surface area contributed by atoms with Gasteiger partial charge in [0.2, 0.25) is 5.78 Å². The summed E-state index contributed by atoms with van der Waals surface area (Å²) >= 11 is 0. The minimum atomic E-state index is -0.703. The lowest BCUT2D eigenvalue weighted by atomic mass is 10.1.